The van der Waals surface area contributed by atoms with Crippen LogP contribution in [-0.4, -0.2) is 17.7 Å². The standard InChI is InChI=1S/C16H20N2O2/c17-13-4-1-10(2-5-13)7-15(19)11-3-6-14-12(8-11)9-18-16(14)20/h3,6,8,10,13H,1-2,4-5,7,9,17H2,(H,18,20). The monoisotopic (exact) mass is 272 g/mol. The first-order chi connectivity index (χ1) is 9.63. The summed E-state index contributed by atoms with van der Waals surface area (Å²) in [5, 5.41) is 2.77. The smallest absolute Gasteiger partial charge is 0.251 e. The number of rotatable bonds is 3. The summed E-state index contributed by atoms with van der Waals surface area (Å²) in [5.41, 5.74) is 8.26. The lowest BCUT2D eigenvalue weighted by molar-refractivity contribution is 0.0943. The van der Waals surface area contributed by atoms with Gasteiger partial charge in [0.1, 0.15) is 0 Å². The topological polar surface area (TPSA) is 72.2 Å². The zero-order chi connectivity index (χ0) is 14.1. The third-order valence-corrected chi connectivity index (χ3v) is 4.48. The highest BCUT2D eigenvalue weighted by Crippen LogP contribution is 2.27. The minimum atomic E-state index is -0.0414. The summed E-state index contributed by atoms with van der Waals surface area (Å²) in [5.74, 6) is 0.614. The van der Waals surface area contributed by atoms with Crippen LogP contribution < -0.4 is 11.1 Å². The van der Waals surface area contributed by atoms with E-state index >= 15 is 0 Å². The normalized spacial score (nSPS) is 25.1. The summed E-state index contributed by atoms with van der Waals surface area (Å²) in [6, 6.07) is 5.73. The molecule has 106 valence electrons. The van der Waals surface area contributed by atoms with E-state index in [1.165, 1.54) is 0 Å². The third-order valence-electron chi connectivity index (χ3n) is 4.48. The van der Waals surface area contributed by atoms with Crippen LogP contribution in [0.25, 0.3) is 0 Å². The molecule has 0 radical (unpaired) electrons. The van der Waals surface area contributed by atoms with E-state index in [-0.39, 0.29) is 11.7 Å². The molecule has 1 aromatic carbocycles. The van der Waals surface area contributed by atoms with Crippen molar-refractivity contribution in [3.63, 3.8) is 0 Å². The number of Topliss-reactive ketones (excluding diaryl/α,β-unsaturated/α-hetero) is 1. The molecule has 1 aliphatic carbocycles. The second-order valence-electron chi connectivity index (χ2n) is 5.96. The van der Waals surface area contributed by atoms with E-state index in [9.17, 15) is 9.59 Å². The van der Waals surface area contributed by atoms with Gasteiger partial charge in [-0.25, -0.2) is 0 Å². The minimum absolute atomic E-state index is 0.0414. The number of fused-ring (bicyclic) bond motifs is 1. The van der Waals surface area contributed by atoms with E-state index in [4.69, 9.17) is 5.73 Å². The largest absolute Gasteiger partial charge is 0.348 e. The maximum atomic E-state index is 12.3. The summed E-state index contributed by atoms with van der Waals surface area (Å²) in [7, 11) is 0. The van der Waals surface area contributed by atoms with E-state index < -0.39 is 0 Å². The molecule has 1 heterocycles. The molecule has 4 heteroatoms. The number of hydrogen-bond donors (Lipinski definition) is 2. The number of benzene rings is 1. The zero-order valence-electron chi connectivity index (χ0n) is 11.5. The van der Waals surface area contributed by atoms with Gasteiger partial charge in [0.2, 0.25) is 0 Å². The number of nitrogens with two attached hydrogens (primary N) is 1. The van der Waals surface area contributed by atoms with Crippen molar-refractivity contribution < 1.29 is 9.59 Å². The lowest BCUT2D eigenvalue weighted by Gasteiger charge is -2.25. The van der Waals surface area contributed by atoms with Crippen LogP contribution in [0.2, 0.25) is 0 Å². The van der Waals surface area contributed by atoms with Gasteiger partial charge in [-0.05, 0) is 49.3 Å². The number of hydrogen-bond acceptors (Lipinski definition) is 3. The second kappa shape index (κ2) is 5.37. The lowest BCUT2D eigenvalue weighted by atomic mass is 9.82. The SMILES string of the molecule is NC1CCC(CC(=O)c2ccc3c(c2)CNC3=O)CC1. The highest BCUT2D eigenvalue weighted by Gasteiger charge is 2.23. The maximum Gasteiger partial charge on any atom is 0.251 e. The van der Waals surface area contributed by atoms with Crippen LogP contribution in [0.5, 0.6) is 0 Å². The summed E-state index contributed by atoms with van der Waals surface area (Å²) in [6.07, 6.45) is 4.77. The van der Waals surface area contributed by atoms with Gasteiger partial charge in [0.25, 0.3) is 5.91 Å². The average molecular weight is 272 g/mol. The summed E-state index contributed by atoms with van der Waals surface area (Å²) >= 11 is 0. The van der Waals surface area contributed by atoms with Crippen LogP contribution in [-0.2, 0) is 6.54 Å². The minimum Gasteiger partial charge on any atom is -0.348 e. The zero-order valence-corrected chi connectivity index (χ0v) is 11.5. The van der Waals surface area contributed by atoms with E-state index in [0.29, 0.717) is 30.5 Å². The van der Waals surface area contributed by atoms with Crippen molar-refractivity contribution >= 4 is 11.7 Å². The van der Waals surface area contributed by atoms with Gasteiger partial charge in [-0.1, -0.05) is 6.07 Å². The first-order valence-corrected chi connectivity index (χ1v) is 7.33. The van der Waals surface area contributed by atoms with Gasteiger partial charge >= 0.3 is 0 Å². The Morgan fingerprint density at radius 3 is 2.75 bits per heavy atom. The van der Waals surface area contributed by atoms with Gasteiger partial charge in [0, 0.05) is 30.1 Å². The number of nitrogens with one attached hydrogen (secondary N) is 1. The predicted octanol–water partition coefficient (Wildman–Crippen LogP) is 2.02. The Morgan fingerprint density at radius 1 is 1.25 bits per heavy atom. The Morgan fingerprint density at radius 2 is 2.00 bits per heavy atom. The molecule has 1 amide bonds. The molecule has 4 nitrogen and oxygen atoms in total. The highest BCUT2D eigenvalue weighted by atomic mass is 16.2. The first kappa shape index (κ1) is 13.3. The average Bonchev–Trinajstić information content (AvgIpc) is 2.82. The van der Waals surface area contributed by atoms with E-state index in [2.05, 4.69) is 5.32 Å². The van der Waals surface area contributed by atoms with Crippen LogP contribution in [0.3, 0.4) is 0 Å². The van der Waals surface area contributed by atoms with E-state index in [1.54, 1.807) is 12.1 Å². The van der Waals surface area contributed by atoms with Crippen molar-refractivity contribution in [2.24, 2.45) is 11.7 Å². The Balaban J connectivity index is 1.67. The molecular formula is C16H20N2O2. The molecule has 20 heavy (non-hydrogen) atoms. The fourth-order valence-electron chi connectivity index (χ4n) is 3.18. The molecular weight excluding hydrogens is 252 g/mol. The summed E-state index contributed by atoms with van der Waals surface area (Å²) in [6.45, 7) is 0.535. The Kier molecular flexibility index (Phi) is 3.57. The van der Waals surface area contributed by atoms with E-state index in [0.717, 1.165) is 36.8 Å². The van der Waals surface area contributed by atoms with Gasteiger partial charge in [-0.15, -0.1) is 0 Å². The molecule has 2 aliphatic rings. The molecule has 0 unspecified atom stereocenters. The van der Waals surface area contributed by atoms with Crippen molar-refractivity contribution in [2.45, 2.75) is 44.7 Å². The Hall–Kier alpha value is -1.68. The first-order valence-electron chi connectivity index (χ1n) is 7.33. The van der Waals surface area contributed by atoms with Crippen LogP contribution in [0.15, 0.2) is 18.2 Å². The molecule has 3 N–H and O–H groups in total. The molecule has 0 aromatic heterocycles. The van der Waals surface area contributed by atoms with Crippen LogP contribution in [0, 0.1) is 5.92 Å². The van der Waals surface area contributed by atoms with E-state index in [1.807, 2.05) is 6.07 Å². The molecule has 0 saturated heterocycles. The number of amides is 1. The molecule has 0 atom stereocenters. The van der Waals surface area contributed by atoms with Crippen LogP contribution in [0.4, 0.5) is 0 Å². The fourth-order valence-corrected chi connectivity index (χ4v) is 3.18. The molecule has 1 fully saturated rings. The van der Waals surface area contributed by atoms with Crippen LogP contribution >= 0.6 is 0 Å². The van der Waals surface area contributed by atoms with Crippen molar-refractivity contribution in [3.05, 3.63) is 34.9 Å². The number of carbonyl (C=O) groups excluding carboxylic acids is 2. The molecule has 1 aromatic rings. The van der Waals surface area contributed by atoms with Crippen molar-refractivity contribution in [1.82, 2.24) is 5.32 Å². The quantitative estimate of drug-likeness (QED) is 0.827. The van der Waals surface area contributed by atoms with Gasteiger partial charge < -0.3 is 11.1 Å². The molecule has 0 spiro atoms. The van der Waals surface area contributed by atoms with Crippen molar-refractivity contribution in [2.75, 3.05) is 0 Å². The summed E-state index contributed by atoms with van der Waals surface area (Å²) < 4.78 is 0. The van der Waals surface area contributed by atoms with Gasteiger partial charge in [-0.3, -0.25) is 9.59 Å². The highest BCUT2D eigenvalue weighted by molar-refractivity contribution is 6.01. The lowest BCUT2D eigenvalue weighted by Crippen LogP contribution is -2.27. The van der Waals surface area contributed by atoms with Crippen LogP contribution in [0.1, 0.15) is 58.4 Å². The fraction of sp³-hybridized carbons (Fsp3) is 0.500. The van der Waals surface area contributed by atoms with Crippen molar-refractivity contribution in [1.29, 1.82) is 0 Å². The number of ketones is 1. The van der Waals surface area contributed by atoms with Gasteiger partial charge in [0.15, 0.2) is 5.78 Å². The molecule has 3 rings (SSSR count). The number of carbonyl (C=O) groups is 2. The Labute approximate surface area is 118 Å². The molecule has 1 saturated carbocycles. The van der Waals surface area contributed by atoms with Gasteiger partial charge in [-0.2, -0.15) is 0 Å². The Bertz CT molecular complexity index is 545. The maximum absolute atomic E-state index is 12.3. The molecule has 0 bridgehead atoms. The second-order valence-corrected chi connectivity index (χ2v) is 5.96. The van der Waals surface area contributed by atoms with Crippen molar-refractivity contribution in [3.8, 4) is 0 Å². The predicted molar refractivity (Wildman–Crippen MR) is 76.5 cm³/mol. The summed E-state index contributed by atoms with van der Waals surface area (Å²) in [4.78, 5) is 23.8. The molecule has 1 aliphatic heterocycles. The van der Waals surface area contributed by atoms with Gasteiger partial charge in [0.05, 0.1) is 0 Å². The third kappa shape index (κ3) is 2.61.